The maximum atomic E-state index is 6.98. The summed E-state index contributed by atoms with van der Waals surface area (Å²) in [6.45, 7) is 0. The number of para-hydroxylation sites is 2. The molecule has 2 heterocycles. The van der Waals surface area contributed by atoms with Gasteiger partial charge in [-0.2, -0.15) is 0 Å². The Morgan fingerprint density at radius 1 is 0.174 bits per heavy atom. The van der Waals surface area contributed by atoms with Crippen LogP contribution >= 0.6 is 0 Å². The van der Waals surface area contributed by atoms with E-state index in [1.165, 1.54) is 109 Å². The number of furan rings is 2. The van der Waals surface area contributed by atoms with Gasteiger partial charge in [-0.1, -0.05) is 255 Å². The zero-order valence-corrected chi connectivity index (χ0v) is 46.7. The number of hydrogen-bond donors (Lipinski definition) is 0. The van der Waals surface area contributed by atoms with Crippen molar-refractivity contribution in [3.63, 3.8) is 0 Å². The molecule has 16 aromatic carbocycles. The van der Waals surface area contributed by atoms with E-state index in [1.54, 1.807) is 0 Å². The molecule has 0 saturated heterocycles. The Kier molecular flexibility index (Phi) is 10.7. The maximum Gasteiger partial charge on any atom is 0.143 e. The second-order valence-corrected chi connectivity index (χ2v) is 22.9. The fraction of sp³-hybridized carbons (Fsp3) is 0. The normalized spacial score (nSPS) is 12.0. The molecule has 18 aromatic rings. The first kappa shape index (κ1) is 48.2. The molecule has 18 rings (SSSR count). The van der Waals surface area contributed by atoms with Crippen LogP contribution in [-0.2, 0) is 0 Å². The Morgan fingerprint density at radius 3 is 1.14 bits per heavy atom. The fourth-order valence-corrected chi connectivity index (χ4v) is 14.3. The van der Waals surface area contributed by atoms with Crippen LogP contribution < -0.4 is 0 Å². The van der Waals surface area contributed by atoms with Gasteiger partial charge in [-0.15, -0.1) is 0 Å². The van der Waals surface area contributed by atoms with Gasteiger partial charge in [-0.25, -0.2) is 0 Å². The molecular formula is C84H50O2. The van der Waals surface area contributed by atoms with E-state index in [0.717, 1.165) is 77.3 Å². The van der Waals surface area contributed by atoms with E-state index >= 15 is 0 Å². The molecule has 0 aliphatic carbocycles. The first-order chi connectivity index (χ1) is 42.6. The van der Waals surface area contributed by atoms with Crippen molar-refractivity contribution in [3.8, 4) is 77.9 Å². The van der Waals surface area contributed by atoms with Gasteiger partial charge in [0.2, 0.25) is 0 Å². The van der Waals surface area contributed by atoms with E-state index in [4.69, 9.17) is 8.83 Å². The highest BCUT2D eigenvalue weighted by atomic mass is 16.3. The molecule has 0 aliphatic heterocycles. The van der Waals surface area contributed by atoms with Gasteiger partial charge in [0, 0.05) is 27.1 Å². The van der Waals surface area contributed by atoms with Crippen molar-refractivity contribution in [3.05, 3.63) is 303 Å². The zero-order chi connectivity index (χ0) is 56.4. The lowest BCUT2D eigenvalue weighted by molar-refractivity contribution is 0.669. The summed E-state index contributed by atoms with van der Waals surface area (Å²) in [7, 11) is 0. The van der Waals surface area contributed by atoms with Gasteiger partial charge in [0.15, 0.2) is 0 Å². The summed E-state index contributed by atoms with van der Waals surface area (Å²) in [5.41, 5.74) is 20.0. The predicted octanol–water partition coefficient (Wildman–Crippen LogP) is 24.1. The third-order valence-electron chi connectivity index (χ3n) is 18.2. The van der Waals surface area contributed by atoms with Crippen LogP contribution in [0.2, 0.25) is 0 Å². The van der Waals surface area contributed by atoms with Crippen LogP contribution in [-0.4, -0.2) is 0 Å². The minimum Gasteiger partial charge on any atom is -0.456 e. The highest BCUT2D eigenvalue weighted by Crippen LogP contribution is 2.51. The van der Waals surface area contributed by atoms with Crippen molar-refractivity contribution < 1.29 is 8.83 Å². The van der Waals surface area contributed by atoms with Gasteiger partial charge in [-0.3, -0.25) is 0 Å². The Bertz CT molecular complexity index is 5710. The minimum absolute atomic E-state index is 0.877. The van der Waals surface area contributed by atoms with E-state index in [0.29, 0.717) is 0 Å². The highest BCUT2D eigenvalue weighted by molar-refractivity contribution is 6.28. The van der Waals surface area contributed by atoms with E-state index in [9.17, 15) is 0 Å². The molecular weight excluding hydrogens is 1040 g/mol. The van der Waals surface area contributed by atoms with Crippen molar-refractivity contribution in [2.75, 3.05) is 0 Å². The summed E-state index contributed by atoms with van der Waals surface area (Å²) >= 11 is 0. The molecule has 0 aliphatic rings. The second-order valence-electron chi connectivity index (χ2n) is 22.9. The molecule has 0 atom stereocenters. The van der Waals surface area contributed by atoms with Crippen LogP contribution in [0.4, 0.5) is 0 Å². The average Bonchev–Trinajstić information content (AvgIpc) is 1.30. The SMILES string of the molecule is c1ccc(-c2cc(-c3c4ccccc4c(-c4ccc5cc(-c6ccc(-c7ccc(-c8c9ccccc9c(-c9ccc%10ccccc%10c9)c9ccccc89)c8c7oc7ccccc78)cc6)ccc5c4)c4ccccc34)c3c(c2)oc2ccccc23)cc1. The third kappa shape index (κ3) is 7.46. The lowest BCUT2D eigenvalue weighted by Gasteiger charge is -2.19. The van der Waals surface area contributed by atoms with Crippen LogP contribution in [0, 0.1) is 0 Å². The topological polar surface area (TPSA) is 26.3 Å². The smallest absolute Gasteiger partial charge is 0.143 e. The Morgan fingerprint density at radius 2 is 0.558 bits per heavy atom. The van der Waals surface area contributed by atoms with E-state index in [-0.39, 0.29) is 0 Å². The standard InChI is InChI=1S/C84H50O2/c1-2-18-51(19-3-1)61-49-74(82-71-30-14-16-32-75(71)85-77(82)50-61)81-69-28-12-8-24-65(69)79(66-25-9-13-29-70(66)81)60-43-41-57-46-56(39-40-58(57)48-60)53-34-37-54(38-35-53)62-44-45-73(83-72-31-15-17-33-76(72)86-84(62)83)80-67-26-10-6-22-63(67)78(64-23-7-11-27-68(64)80)59-42-36-52-20-4-5-21-55(52)47-59/h1-50H. The Labute approximate surface area is 495 Å². The summed E-state index contributed by atoms with van der Waals surface area (Å²) in [5, 5.41) is 19.1. The molecule has 398 valence electrons. The summed E-state index contributed by atoms with van der Waals surface area (Å²) in [5.74, 6) is 0. The van der Waals surface area contributed by atoms with Gasteiger partial charge in [0.05, 0.1) is 0 Å². The van der Waals surface area contributed by atoms with Gasteiger partial charge < -0.3 is 8.83 Å². The lowest BCUT2D eigenvalue weighted by atomic mass is 9.83. The minimum atomic E-state index is 0.877. The van der Waals surface area contributed by atoms with Crippen LogP contribution in [0.15, 0.2) is 312 Å². The first-order valence-electron chi connectivity index (χ1n) is 29.6. The molecule has 2 aromatic heterocycles. The maximum absolute atomic E-state index is 6.98. The highest BCUT2D eigenvalue weighted by Gasteiger charge is 2.25. The molecule has 0 fully saturated rings. The van der Waals surface area contributed by atoms with Crippen LogP contribution in [0.3, 0.4) is 0 Å². The van der Waals surface area contributed by atoms with Gasteiger partial charge >= 0.3 is 0 Å². The number of benzene rings is 16. The van der Waals surface area contributed by atoms with Crippen LogP contribution in [0.5, 0.6) is 0 Å². The lowest BCUT2D eigenvalue weighted by Crippen LogP contribution is -1.92. The van der Waals surface area contributed by atoms with E-state index < -0.39 is 0 Å². The monoisotopic (exact) mass is 1090 g/mol. The molecule has 86 heavy (non-hydrogen) atoms. The summed E-state index contributed by atoms with van der Waals surface area (Å²) < 4.78 is 13.6. The van der Waals surface area contributed by atoms with Crippen molar-refractivity contribution in [2.45, 2.75) is 0 Å². The van der Waals surface area contributed by atoms with Gasteiger partial charge in [0.1, 0.15) is 22.3 Å². The molecule has 0 radical (unpaired) electrons. The molecule has 0 spiro atoms. The first-order valence-corrected chi connectivity index (χ1v) is 29.6. The number of rotatable bonds is 7. The Balaban J connectivity index is 0.729. The fourth-order valence-electron chi connectivity index (χ4n) is 14.3. The van der Waals surface area contributed by atoms with Crippen LogP contribution in [0.1, 0.15) is 0 Å². The summed E-state index contributed by atoms with van der Waals surface area (Å²) in [6.07, 6.45) is 0. The molecule has 2 heteroatoms. The van der Waals surface area contributed by atoms with Crippen LogP contribution in [0.25, 0.3) is 186 Å². The molecule has 2 nitrogen and oxygen atoms in total. The molecule has 0 bridgehead atoms. The number of fused-ring (bicyclic) bond motifs is 12. The van der Waals surface area contributed by atoms with Crippen molar-refractivity contribution in [1.82, 2.24) is 0 Å². The Hall–Kier alpha value is -11.3. The predicted molar refractivity (Wildman–Crippen MR) is 364 cm³/mol. The van der Waals surface area contributed by atoms with E-state index in [2.05, 4.69) is 303 Å². The van der Waals surface area contributed by atoms with Crippen molar-refractivity contribution in [2.24, 2.45) is 0 Å². The summed E-state index contributed by atoms with van der Waals surface area (Å²) in [6, 6.07) is 111. The van der Waals surface area contributed by atoms with Gasteiger partial charge in [-0.05, 0) is 185 Å². The van der Waals surface area contributed by atoms with Crippen molar-refractivity contribution >= 4 is 109 Å². The second kappa shape index (κ2) is 19.1. The third-order valence-corrected chi connectivity index (χ3v) is 18.2. The molecule has 0 unspecified atom stereocenters. The van der Waals surface area contributed by atoms with Crippen molar-refractivity contribution in [1.29, 1.82) is 0 Å². The van der Waals surface area contributed by atoms with Gasteiger partial charge in [0.25, 0.3) is 0 Å². The van der Waals surface area contributed by atoms with E-state index in [1.807, 2.05) is 0 Å². The molecule has 0 amide bonds. The molecule has 0 saturated carbocycles. The largest absolute Gasteiger partial charge is 0.456 e. The molecule has 0 N–H and O–H groups in total. The number of hydrogen-bond acceptors (Lipinski definition) is 2. The quantitative estimate of drug-likeness (QED) is 0.149. The average molecular weight is 1090 g/mol. The summed E-state index contributed by atoms with van der Waals surface area (Å²) in [4.78, 5) is 0. The zero-order valence-electron chi connectivity index (χ0n) is 46.7.